The molecule has 0 aromatic heterocycles. The fourth-order valence-corrected chi connectivity index (χ4v) is 4.18. The summed E-state index contributed by atoms with van der Waals surface area (Å²) >= 11 is 2.98. The lowest BCUT2D eigenvalue weighted by Crippen LogP contribution is -2.57. The van der Waals surface area contributed by atoms with Gasteiger partial charge in [0, 0.05) is 6.54 Å². The minimum Gasteiger partial charge on any atom is -0.480 e. The van der Waals surface area contributed by atoms with Gasteiger partial charge in [0.1, 0.15) is 24.2 Å². The van der Waals surface area contributed by atoms with Gasteiger partial charge in [0.05, 0.1) is 6.10 Å². The highest BCUT2D eigenvalue weighted by Crippen LogP contribution is 2.19. The molecule has 1 heterocycles. The lowest BCUT2D eigenvalue weighted by atomic mass is 10.1. The molecule has 6 N–H and O–H groups in total. The third kappa shape index (κ3) is 8.51. The maximum absolute atomic E-state index is 12.9. The van der Waals surface area contributed by atoms with Crippen LogP contribution < -0.4 is 16.4 Å². The van der Waals surface area contributed by atoms with Gasteiger partial charge >= 0.3 is 5.97 Å². The summed E-state index contributed by atoms with van der Waals surface area (Å²) in [6.07, 6.45) is 4.28. The van der Waals surface area contributed by atoms with Crippen LogP contribution in [0.15, 0.2) is 0 Å². The molecular weight excluding hydrogens is 444 g/mol. The number of carboxylic acids is 1. The predicted molar refractivity (Wildman–Crippen MR) is 122 cm³/mol. The second-order valence-corrected chi connectivity index (χ2v) is 9.45. The molecule has 1 aliphatic rings. The third-order valence-corrected chi connectivity index (χ3v) is 6.40. The number of aliphatic hydroxyl groups excluding tert-OH is 1. The van der Waals surface area contributed by atoms with Crippen molar-refractivity contribution in [2.24, 2.45) is 5.73 Å². The van der Waals surface area contributed by atoms with Gasteiger partial charge in [0.15, 0.2) is 0 Å². The quantitative estimate of drug-likeness (QED) is 0.229. The molecular formula is C19H34N4O6S2. The Morgan fingerprint density at radius 2 is 1.68 bits per heavy atom. The number of hydrogen-bond acceptors (Lipinski definition) is 8. The van der Waals surface area contributed by atoms with Crippen LogP contribution in [-0.4, -0.2) is 99.6 Å². The first kappa shape index (κ1) is 27.5. The summed E-state index contributed by atoms with van der Waals surface area (Å²) in [5.41, 5.74) is 5.74. The molecule has 0 aromatic carbocycles. The number of thioether (sulfide) groups is 2. The minimum atomic E-state index is -1.13. The first-order valence-electron chi connectivity index (χ1n) is 10.2. The van der Waals surface area contributed by atoms with Crippen LogP contribution in [0.3, 0.4) is 0 Å². The molecule has 178 valence electrons. The minimum absolute atomic E-state index is 0.271. The average molecular weight is 479 g/mol. The van der Waals surface area contributed by atoms with Crippen LogP contribution in [0.2, 0.25) is 0 Å². The van der Waals surface area contributed by atoms with Crippen LogP contribution in [0.5, 0.6) is 0 Å². The predicted octanol–water partition coefficient (Wildman–Crippen LogP) is -0.754. The molecule has 5 atom stereocenters. The highest BCUT2D eigenvalue weighted by atomic mass is 32.2. The average Bonchev–Trinajstić information content (AvgIpc) is 3.22. The molecule has 0 spiro atoms. The Balaban J connectivity index is 2.87. The molecule has 1 saturated heterocycles. The molecule has 0 bridgehead atoms. The van der Waals surface area contributed by atoms with Gasteiger partial charge in [0.25, 0.3) is 0 Å². The van der Waals surface area contributed by atoms with Gasteiger partial charge in [0.2, 0.25) is 17.7 Å². The molecule has 1 fully saturated rings. The van der Waals surface area contributed by atoms with Crippen molar-refractivity contribution >= 4 is 47.2 Å². The molecule has 5 unspecified atom stereocenters. The lowest BCUT2D eigenvalue weighted by molar-refractivity contribution is -0.143. The number of likely N-dealkylation sites (tertiary alicyclic amines) is 1. The number of hydrogen-bond donors (Lipinski definition) is 5. The first-order valence-corrected chi connectivity index (χ1v) is 13.0. The van der Waals surface area contributed by atoms with Crippen molar-refractivity contribution in [2.45, 2.75) is 62.9 Å². The Morgan fingerprint density at radius 1 is 1.10 bits per heavy atom. The summed E-state index contributed by atoms with van der Waals surface area (Å²) in [6.45, 7) is 1.75. The zero-order valence-electron chi connectivity index (χ0n) is 18.2. The molecule has 3 amide bonds. The van der Waals surface area contributed by atoms with Crippen molar-refractivity contribution in [3.63, 3.8) is 0 Å². The molecule has 12 heteroatoms. The zero-order chi connectivity index (χ0) is 23.6. The van der Waals surface area contributed by atoms with Crippen LogP contribution in [-0.2, 0) is 19.2 Å². The largest absolute Gasteiger partial charge is 0.480 e. The number of rotatable bonds is 13. The summed E-state index contributed by atoms with van der Waals surface area (Å²) in [7, 11) is 0. The van der Waals surface area contributed by atoms with Crippen molar-refractivity contribution in [3.05, 3.63) is 0 Å². The zero-order valence-corrected chi connectivity index (χ0v) is 19.8. The molecule has 31 heavy (non-hydrogen) atoms. The van der Waals surface area contributed by atoms with E-state index in [1.165, 1.54) is 35.3 Å². The van der Waals surface area contributed by atoms with Crippen molar-refractivity contribution in [3.8, 4) is 0 Å². The summed E-state index contributed by atoms with van der Waals surface area (Å²) in [4.78, 5) is 51.0. The summed E-state index contributed by atoms with van der Waals surface area (Å²) < 4.78 is 0. The molecule has 10 nitrogen and oxygen atoms in total. The number of nitrogens with one attached hydrogen (secondary N) is 2. The van der Waals surface area contributed by atoms with E-state index >= 15 is 0 Å². The Kier molecular flexibility index (Phi) is 12.3. The summed E-state index contributed by atoms with van der Waals surface area (Å²) in [5, 5.41) is 24.2. The number of nitrogens with zero attached hydrogens (tertiary/aromatic N) is 1. The normalized spacial score (nSPS) is 19.9. The Morgan fingerprint density at radius 3 is 2.19 bits per heavy atom. The van der Waals surface area contributed by atoms with E-state index in [0.717, 1.165) is 0 Å². The van der Waals surface area contributed by atoms with E-state index in [4.69, 9.17) is 5.73 Å². The number of carboxylic acid groups (broad SMARTS) is 1. The molecule has 1 aliphatic heterocycles. The van der Waals surface area contributed by atoms with Crippen molar-refractivity contribution < 1.29 is 29.4 Å². The summed E-state index contributed by atoms with van der Waals surface area (Å²) in [5.74, 6) is -1.53. The summed E-state index contributed by atoms with van der Waals surface area (Å²) in [6, 6.07) is -3.87. The highest BCUT2D eigenvalue weighted by Gasteiger charge is 2.38. The second kappa shape index (κ2) is 13.8. The van der Waals surface area contributed by atoms with E-state index < -0.39 is 54.0 Å². The SMILES string of the molecule is CSCCC(NC(=O)C(CCSC)NC(=O)C1CCCN1C(=O)C(N)C(C)O)C(=O)O. The molecule has 0 radical (unpaired) electrons. The Bertz CT molecular complexity index is 637. The standard InChI is InChI=1S/C19H34N4O6S2/c1-11(24)15(20)18(27)23-8-4-5-14(23)17(26)21-12(6-9-30-2)16(25)22-13(19(28)29)7-10-31-3/h11-15,24H,4-10,20H2,1-3H3,(H,21,26)(H,22,25)(H,28,29). The van der Waals surface area contributed by atoms with Gasteiger partial charge in [-0.1, -0.05) is 0 Å². The molecule has 0 aromatic rings. The van der Waals surface area contributed by atoms with E-state index in [2.05, 4.69) is 10.6 Å². The number of aliphatic carboxylic acids is 1. The first-order chi connectivity index (χ1) is 14.6. The second-order valence-electron chi connectivity index (χ2n) is 7.48. The van der Waals surface area contributed by atoms with Gasteiger partial charge in [-0.25, -0.2) is 4.79 Å². The number of nitrogens with two attached hydrogens (primary N) is 1. The number of carbonyl (C=O) groups is 4. The van der Waals surface area contributed by atoms with Crippen LogP contribution in [0, 0.1) is 0 Å². The third-order valence-electron chi connectivity index (χ3n) is 5.11. The maximum Gasteiger partial charge on any atom is 0.326 e. The van der Waals surface area contributed by atoms with Crippen molar-refractivity contribution in [1.29, 1.82) is 0 Å². The van der Waals surface area contributed by atoms with Crippen LogP contribution in [0.25, 0.3) is 0 Å². The van der Waals surface area contributed by atoms with Crippen LogP contribution in [0.1, 0.15) is 32.6 Å². The maximum atomic E-state index is 12.9. The van der Waals surface area contributed by atoms with E-state index in [-0.39, 0.29) is 6.42 Å². The van der Waals surface area contributed by atoms with E-state index in [1.54, 1.807) is 0 Å². The van der Waals surface area contributed by atoms with Crippen LogP contribution >= 0.6 is 23.5 Å². The van der Waals surface area contributed by atoms with Gasteiger partial charge in [-0.3, -0.25) is 14.4 Å². The van der Waals surface area contributed by atoms with E-state index in [0.29, 0.717) is 37.3 Å². The van der Waals surface area contributed by atoms with Gasteiger partial charge < -0.3 is 31.5 Å². The van der Waals surface area contributed by atoms with Gasteiger partial charge in [-0.05, 0) is 56.6 Å². The Hall–Kier alpha value is -1.50. The topological polar surface area (TPSA) is 162 Å². The smallest absolute Gasteiger partial charge is 0.326 e. The Labute approximate surface area is 191 Å². The molecule has 0 saturated carbocycles. The monoisotopic (exact) mass is 478 g/mol. The molecule has 1 rings (SSSR count). The fourth-order valence-electron chi connectivity index (χ4n) is 3.24. The lowest BCUT2D eigenvalue weighted by Gasteiger charge is -2.29. The number of aliphatic hydroxyl groups is 1. The van der Waals surface area contributed by atoms with Gasteiger partial charge in [-0.2, -0.15) is 23.5 Å². The highest BCUT2D eigenvalue weighted by molar-refractivity contribution is 7.98. The van der Waals surface area contributed by atoms with Gasteiger partial charge in [-0.15, -0.1) is 0 Å². The molecule has 0 aliphatic carbocycles. The van der Waals surface area contributed by atoms with E-state index in [1.807, 2.05) is 12.5 Å². The van der Waals surface area contributed by atoms with Crippen molar-refractivity contribution in [2.75, 3.05) is 30.6 Å². The van der Waals surface area contributed by atoms with Crippen molar-refractivity contribution in [1.82, 2.24) is 15.5 Å². The van der Waals surface area contributed by atoms with E-state index in [9.17, 15) is 29.4 Å². The number of carbonyl (C=O) groups excluding carboxylic acids is 3. The van der Waals surface area contributed by atoms with Crippen LogP contribution in [0.4, 0.5) is 0 Å². The fraction of sp³-hybridized carbons (Fsp3) is 0.789. The number of amides is 3.